The van der Waals surface area contributed by atoms with Gasteiger partial charge in [-0.2, -0.15) is 10.2 Å². The van der Waals surface area contributed by atoms with Crippen LogP contribution in [0.25, 0.3) is 72.5 Å². The molecule has 4 heterocycles. The summed E-state index contributed by atoms with van der Waals surface area (Å²) in [6.07, 6.45) is 0. The predicted molar refractivity (Wildman–Crippen MR) is 208 cm³/mol. The van der Waals surface area contributed by atoms with Crippen LogP contribution in [-0.4, -0.2) is 49.7 Å². The van der Waals surface area contributed by atoms with Gasteiger partial charge in [-0.1, -0.05) is 74.5 Å². The highest BCUT2D eigenvalue weighted by Gasteiger charge is 2.22. The van der Waals surface area contributed by atoms with Crippen LogP contribution in [0, 0.1) is 6.57 Å². The van der Waals surface area contributed by atoms with Gasteiger partial charge in [0.25, 0.3) is 0 Å². The van der Waals surface area contributed by atoms with Gasteiger partial charge in [0, 0.05) is 41.8 Å². The number of aromatic amines is 2. The summed E-state index contributed by atoms with van der Waals surface area (Å²) in [6, 6.07) is 25.3. The molecule has 0 fully saturated rings. The van der Waals surface area contributed by atoms with Crippen LogP contribution in [0.2, 0.25) is 10.0 Å². The van der Waals surface area contributed by atoms with Gasteiger partial charge in [-0.25, -0.2) is 14.8 Å². The van der Waals surface area contributed by atoms with Gasteiger partial charge >= 0.3 is 0 Å². The Balaban J connectivity index is 0.000000194. The van der Waals surface area contributed by atoms with Gasteiger partial charge in [-0.15, -0.1) is 0 Å². The highest BCUT2D eigenvalue weighted by molar-refractivity contribution is 6.31. The maximum atomic E-state index is 10.7. The lowest BCUT2D eigenvalue weighted by molar-refractivity contribution is 0.477. The van der Waals surface area contributed by atoms with Crippen LogP contribution < -0.4 is 5.73 Å². The number of fused-ring (bicyclic) bond motifs is 2. The van der Waals surface area contributed by atoms with Gasteiger partial charge < -0.3 is 25.9 Å². The summed E-state index contributed by atoms with van der Waals surface area (Å²) in [6.45, 7) is 7.56. The maximum absolute atomic E-state index is 10.7. The van der Waals surface area contributed by atoms with E-state index in [9.17, 15) is 10.2 Å². The molecule has 264 valence electrons. The van der Waals surface area contributed by atoms with Crippen LogP contribution in [0.5, 0.6) is 11.5 Å². The van der Waals surface area contributed by atoms with E-state index in [4.69, 9.17) is 35.5 Å². The molecule has 14 heteroatoms. The molecule has 52 heavy (non-hydrogen) atoms. The van der Waals surface area contributed by atoms with Gasteiger partial charge in [-0.05, 0) is 54.1 Å². The Kier molecular flexibility index (Phi) is 10.7. The summed E-state index contributed by atoms with van der Waals surface area (Å²) in [5, 5.41) is 31.5. The summed E-state index contributed by atoms with van der Waals surface area (Å²) >= 11 is 11.8. The zero-order valence-corrected chi connectivity index (χ0v) is 28.2. The normalized spacial score (nSPS) is 10.7. The second-order valence-electron chi connectivity index (χ2n) is 11.4. The van der Waals surface area contributed by atoms with E-state index in [2.05, 4.69) is 35.0 Å². The van der Waals surface area contributed by atoms with Crippen LogP contribution >= 0.6 is 23.2 Å². The quantitative estimate of drug-likeness (QED) is 0.110. The van der Waals surface area contributed by atoms with Crippen molar-refractivity contribution in [2.45, 2.75) is 21.4 Å². The molecule has 0 radical (unpaired) electrons. The van der Waals surface area contributed by atoms with E-state index >= 15 is 0 Å². The fourth-order valence-electron chi connectivity index (χ4n) is 5.64. The van der Waals surface area contributed by atoms with Crippen LogP contribution in [0.15, 0.2) is 84.9 Å². The number of nitrogens with two attached hydrogens (primary N) is 1. The van der Waals surface area contributed by atoms with Crippen molar-refractivity contribution < 1.29 is 10.2 Å². The zero-order chi connectivity index (χ0) is 35.1. The van der Waals surface area contributed by atoms with Crippen molar-refractivity contribution >= 4 is 51.0 Å². The number of halogens is 2. The Hall–Kier alpha value is -6.13. The number of hydrogen-bond donors (Lipinski definition) is 5. The van der Waals surface area contributed by atoms with Gasteiger partial charge in [0.2, 0.25) is 0 Å². The molecule has 0 spiro atoms. The highest BCUT2D eigenvalue weighted by Crippen LogP contribution is 2.39. The monoisotopic (exact) mass is 734 g/mol. The van der Waals surface area contributed by atoms with Crippen LogP contribution in [-0.2, 0) is 20.6 Å². The molecule has 0 aliphatic carbocycles. The predicted octanol–water partition coefficient (Wildman–Crippen LogP) is 9.26. The molecule has 8 rings (SSSR count). The molecule has 0 aliphatic heterocycles. The number of H-pyrrole nitrogens is 2. The Labute approximate surface area is 309 Å². The van der Waals surface area contributed by atoms with Crippen LogP contribution in [0.3, 0.4) is 0 Å². The van der Waals surface area contributed by atoms with Crippen LogP contribution in [0.1, 0.15) is 20.4 Å². The minimum Gasteiger partial charge on any atom is -0.504 e. The fourth-order valence-corrected chi connectivity index (χ4v) is 5.89. The third-order valence-corrected chi connectivity index (χ3v) is 8.61. The standard InChI is InChI=1S/C18H12ClN5O.C18H16ClN5O.2CH4/c1-20-12-7-8-13-14(9-12)22-18(21-13)16-17(25)15(23-24(16)2)10-3-5-11(19)6-4-10;1-24-16(17(25)15(23-24)11-3-5-12(19)6-4-11)18-21-13-7-2-10(9-20)8-14(13)22-18;;/h3-9,25H,2H3,(H,21,22);2-8,25H,9,20H2,1H3,(H,21,22);2*1H4. The Morgan fingerprint density at radius 2 is 1.13 bits per heavy atom. The molecule has 0 atom stereocenters. The molecule has 0 unspecified atom stereocenters. The van der Waals surface area contributed by atoms with E-state index < -0.39 is 0 Å². The average molecular weight is 736 g/mol. The number of aryl methyl sites for hydroxylation is 2. The second-order valence-corrected chi connectivity index (χ2v) is 12.3. The van der Waals surface area contributed by atoms with Gasteiger partial charge in [0.15, 0.2) is 28.8 Å². The van der Waals surface area contributed by atoms with E-state index in [1.807, 2.05) is 30.3 Å². The summed E-state index contributed by atoms with van der Waals surface area (Å²) < 4.78 is 3.19. The fraction of sp³-hybridized carbons (Fsp3) is 0.132. The van der Waals surface area contributed by atoms with Crippen molar-refractivity contribution in [1.82, 2.24) is 39.5 Å². The van der Waals surface area contributed by atoms with Crippen molar-refractivity contribution in [3.8, 4) is 57.1 Å². The van der Waals surface area contributed by atoms with E-state index in [1.165, 1.54) is 0 Å². The molecular formula is C38H36Cl2N10O2. The van der Waals surface area contributed by atoms with E-state index in [1.54, 1.807) is 78.1 Å². The second kappa shape index (κ2) is 15.0. The number of nitrogens with one attached hydrogen (secondary N) is 2. The minimum absolute atomic E-state index is 0. The first-order chi connectivity index (χ1) is 24.1. The lowest BCUT2D eigenvalue weighted by Gasteiger charge is -1.99. The molecule has 0 aliphatic rings. The average Bonchev–Trinajstić information content (AvgIpc) is 3.87. The smallest absolute Gasteiger partial charge is 0.189 e. The van der Waals surface area contributed by atoms with Gasteiger partial charge in [0.1, 0.15) is 22.8 Å². The van der Waals surface area contributed by atoms with E-state index in [-0.39, 0.29) is 26.4 Å². The first-order valence-corrected chi connectivity index (χ1v) is 16.0. The molecule has 6 N–H and O–H groups in total. The topological polar surface area (TPSA) is 164 Å². The molecule has 8 aromatic rings. The number of aromatic nitrogens is 8. The molecule has 0 bridgehead atoms. The number of rotatable bonds is 5. The van der Waals surface area contributed by atoms with Crippen molar-refractivity contribution in [1.29, 1.82) is 0 Å². The highest BCUT2D eigenvalue weighted by atomic mass is 35.5. The van der Waals surface area contributed by atoms with E-state index in [0.29, 0.717) is 56.7 Å². The Bertz CT molecular complexity index is 2560. The summed E-state index contributed by atoms with van der Waals surface area (Å²) in [4.78, 5) is 18.9. The van der Waals surface area contributed by atoms with Crippen molar-refractivity contribution in [2.24, 2.45) is 19.8 Å². The number of aromatic hydroxyl groups is 2. The summed E-state index contributed by atoms with van der Waals surface area (Å²) in [5.41, 5.74) is 13.8. The summed E-state index contributed by atoms with van der Waals surface area (Å²) in [5.74, 6) is 1.15. The summed E-state index contributed by atoms with van der Waals surface area (Å²) in [7, 11) is 3.51. The van der Waals surface area contributed by atoms with E-state index in [0.717, 1.165) is 38.8 Å². The third-order valence-electron chi connectivity index (χ3n) is 8.10. The number of imidazole rings is 2. The Morgan fingerprint density at radius 1 is 0.692 bits per heavy atom. The van der Waals surface area contributed by atoms with Crippen LogP contribution in [0.4, 0.5) is 5.69 Å². The number of hydrogen-bond acceptors (Lipinski definition) is 7. The number of benzene rings is 4. The Morgan fingerprint density at radius 3 is 1.58 bits per heavy atom. The lowest BCUT2D eigenvalue weighted by Crippen LogP contribution is -1.95. The molecule has 0 saturated heterocycles. The minimum atomic E-state index is 0. The molecule has 4 aromatic carbocycles. The SMILES string of the molecule is C.C.Cn1nc(-c2ccc(Cl)cc2)c(O)c1-c1nc2ccc(CN)cc2[nH]1.[C-]#[N+]c1ccc2nc(-c3c(O)c(-c4ccc(Cl)cc4)nn3C)[nH]c2c1. The molecule has 0 saturated carbocycles. The molecule has 0 amide bonds. The third kappa shape index (κ3) is 6.93. The lowest BCUT2D eigenvalue weighted by atomic mass is 10.1. The van der Waals surface area contributed by atoms with Gasteiger partial charge in [0.05, 0.1) is 28.6 Å². The van der Waals surface area contributed by atoms with Crippen molar-refractivity contribution in [3.05, 3.63) is 112 Å². The molecule has 4 aromatic heterocycles. The maximum Gasteiger partial charge on any atom is 0.189 e. The largest absolute Gasteiger partial charge is 0.504 e. The molecular weight excluding hydrogens is 699 g/mol. The first-order valence-electron chi connectivity index (χ1n) is 15.2. The molecule has 12 nitrogen and oxygen atoms in total. The van der Waals surface area contributed by atoms with Crippen molar-refractivity contribution in [3.63, 3.8) is 0 Å². The zero-order valence-electron chi connectivity index (χ0n) is 26.6. The number of nitrogens with zero attached hydrogens (tertiary/aromatic N) is 7. The first kappa shape index (κ1) is 37.1. The van der Waals surface area contributed by atoms with Crippen molar-refractivity contribution in [2.75, 3.05) is 0 Å². The van der Waals surface area contributed by atoms with Gasteiger partial charge in [-0.3, -0.25) is 9.36 Å².